The molecule has 0 atom stereocenters. The van der Waals surface area contributed by atoms with Crippen molar-refractivity contribution in [2.45, 2.75) is 65.0 Å². The maximum atomic E-state index is 11.8. The fraction of sp³-hybridized carbons (Fsp3) is 0.923. The van der Waals surface area contributed by atoms with Crippen LogP contribution in [-0.4, -0.2) is 25.0 Å². The van der Waals surface area contributed by atoms with Gasteiger partial charge in [0.2, 0.25) is 5.91 Å². The molecular formula is C13H26N2O. The third kappa shape index (κ3) is 4.97. The molecule has 0 aromatic rings. The molecule has 1 fully saturated rings. The molecule has 16 heavy (non-hydrogen) atoms. The summed E-state index contributed by atoms with van der Waals surface area (Å²) in [5.41, 5.74) is 0.0895. The van der Waals surface area contributed by atoms with Gasteiger partial charge in [0, 0.05) is 18.5 Å². The van der Waals surface area contributed by atoms with E-state index in [1.807, 2.05) is 7.05 Å². The quantitative estimate of drug-likeness (QED) is 0.773. The van der Waals surface area contributed by atoms with Crippen LogP contribution in [0.5, 0.6) is 0 Å². The molecule has 2 N–H and O–H groups in total. The van der Waals surface area contributed by atoms with Crippen LogP contribution in [0.4, 0.5) is 0 Å². The van der Waals surface area contributed by atoms with Crippen LogP contribution in [0.2, 0.25) is 0 Å². The minimum absolute atomic E-state index is 0.0895. The fourth-order valence-corrected chi connectivity index (χ4v) is 2.29. The van der Waals surface area contributed by atoms with Gasteiger partial charge in [0.05, 0.1) is 0 Å². The van der Waals surface area contributed by atoms with Crippen LogP contribution < -0.4 is 10.6 Å². The summed E-state index contributed by atoms with van der Waals surface area (Å²) in [5, 5.41) is 6.46. The Hall–Kier alpha value is -0.570. The Morgan fingerprint density at radius 2 is 1.62 bits per heavy atom. The maximum Gasteiger partial charge on any atom is 0.220 e. The van der Waals surface area contributed by atoms with E-state index >= 15 is 0 Å². The first-order valence-electron chi connectivity index (χ1n) is 6.37. The third-order valence-corrected chi connectivity index (χ3v) is 3.19. The lowest BCUT2D eigenvalue weighted by atomic mass is 9.89. The molecule has 1 aliphatic carbocycles. The van der Waals surface area contributed by atoms with Gasteiger partial charge in [-0.3, -0.25) is 4.79 Å². The first kappa shape index (κ1) is 13.5. The summed E-state index contributed by atoms with van der Waals surface area (Å²) < 4.78 is 0. The number of hydrogen-bond acceptors (Lipinski definition) is 2. The van der Waals surface area contributed by atoms with Crippen molar-refractivity contribution in [3.8, 4) is 0 Å². The van der Waals surface area contributed by atoms with Gasteiger partial charge in [0.1, 0.15) is 0 Å². The third-order valence-electron chi connectivity index (χ3n) is 3.19. The van der Waals surface area contributed by atoms with Crippen molar-refractivity contribution in [2.24, 2.45) is 5.41 Å². The second kappa shape index (κ2) is 5.67. The molecule has 0 aromatic heterocycles. The summed E-state index contributed by atoms with van der Waals surface area (Å²) >= 11 is 0. The molecule has 0 spiro atoms. The summed E-state index contributed by atoms with van der Waals surface area (Å²) in [6.07, 6.45) is 5.20. The van der Waals surface area contributed by atoms with Crippen molar-refractivity contribution < 1.29 is 4.79 Å². The molecule has 0 aromatic carbocycles. The van der Waals surface area contributed by atoms with E-state index in [0.29, 0.717) is 18.5 Å². The normalized spacial score (nSPS) is 26.5. The van der Waals surface area contributed by atoms with Crippen molar-refractivity contribution in [1.82, 2.24) is 10.6 Å². The van der Waals surface area contributed by atoms with Crippen molar-refractivity contribution in [2.75, 3.05) is 7.05 Å². The molecule has 1 aliphatic rings. The van der Waals surface area contributed by atoms with Crippen LogP contribution in [0.15, 0.2) is 0 Å². The molecule has 0 unspecified atom stereocenters. The van der Waals surface area contributed by atoms with Crippen LogP contribution in [-0.2, 0) is 4.79 Å². The molecule has 94 valence electrons. The minimum atomic E-state index is 0.0895. The highest BCUT2D eigenvalue weighted by molar-refractivity contribution is 5.76. The topological polar surface area (TPSA) is 41.1 Å². The van der Waals surface area contributed by atoms with Crippen LogP contribution in [0.3, 0.4) is 0 Å². The van der Waals surface area contributed by atoms with Gasteiger partial charge in [0.25, 0.3) is 0 Å². The van der Waals surface area contributed by atoms with Gasteiger partial charge in [-0.25, -0.2) is 0 Å². The van der Waals surface area contributed by atoms with E-state index in [0.717, 1.165) is 12.8 Å². The number of amides is 1. The van der Waals surface area contributed by atoms with Gasteiger partial charge in [-0.1, -0.05) is 20.8 Å². The van der Waals surface area contributed by atoms with E-state index < -0.39 is 0 Å². The molecule has 3 nitrogen and oxygen atoms in total. The lowest BCUT2D eigenvalue weighted by Crippen LogP contribution is -2.42. The highest BCUT2D eigenvalue weighted by Crippen LogP contribution is 2.21. The number of nitrogens with one attached hydrogen (secondary N) is 2. The second-order valence-electron chi connectivity index (χ2n) is 6.14. The SMILES string of the molecule is CNC1CCC(NC(=O)CC(C)(C)C)CC1. The Labute approximate surface area is 99.4 Å². The van der Waals surface area contributed by atoms with Crippen molar-refractivity contribution in [3.63, 3.8) is 0 Å². The van der Waals surface area contributed by atoms with Gasteiger partial charge >= 0.3 is 0 Å². The van der Waals surface area contributed by atoms with Gasteiger partial charge in [-0.15, -0.1) is 0 Å². The van der Waals surface area contributed by atoms with E-state index in [9.17, 15) is 4.79 Å². The number of rotatable bonds is 3. The number of carbonyl (C=O) groups is 1. The zero-order valence-electron chi connectivity index (χ0n) is 11.1. The number of hydrogen-bond donors (Lipinski definition) is 2. The van der Waals surface area contributed by atoms with Gasteiger partial charge in [-0.05, 0) is 38.1 Å². The largest absolute Gasteiger partial charge is 0.353 e. The monoisotopic (exact) mass is 226 g/mol. The van der Waals surface area contributed by atoms with Crippen LogP contribution in [0.25, 0.3) is 0 Å². The Morgan fingerprint density at radius 3 is 2.06 bits per heavy atom. The molecule has 1 amide bonds. The van der Waals surface area contributed by atoms with Crippen LogP contribution in [0, 0.1) is 5.41 Å². The predicted molar refractivity (Wildman–Crippen MR) is 67.3 cm³/mol. The van der Waals surface area contributed by atoms with Gasteiger partial charge < -0.3 is 10.6 Å². The summed E-state index contributed by atoms with van der Waals surface area (Å²) in [6.45, 7) is 6.31. The van der Waals surface area contributed by atoms with Crippen LogP contribution >= 0.6 is 0 Å². The van der Waals surface area contributed by atoms with Crippen molar-refractivity contribution >= 4 is 5.91 Å². The van der Waals surface area contributed by atoms with E-state index in [4.69, 9.17) is 0 Å². The smallest absolute Gasteiger partial charge is 0.220 e. The molecule has 3 heteroatoms. The lowest BCUT2D eigenvalue weighted by Gasteiger charge is -2.29. The van der Waals surface area contributed by atoms with E-state index in [2.05, 4.69) is 31.4 Å². The Morgan fingerprint density at radius 1 is 1.12 bits per heavy atom. The Kier molecular flexibility index (Phi) is 4.78. The fourth-order valence-electron chi connectivity index (χ4n) is 2.29. The molecule has 0 bridgehead atoms. The van der Waals surface area contributed by atoms with Gasteiger partial charge in [0.15, 0.2) is 0 Å². The van der Waals surface area contributed by atoms with Gasteiger partial charge in [-0.2, -0.15) is 0 Å². The molecule has 0 heterocycles. The summed E-state index contributed by atoms with van der Waals surface area (Å²) in [7, 11) is 2.02. The zero-order valence-corrected chi connectivity index (χ0v) is 11.1. The summed E-state index contributed by atoms with van der Waals surface area (Å²) in [5.74, 6) is 0.209. The molecular weight excluding hydrogens is 200 g/mol. The maximum absolute atomic E-state index is 11.8. The molecule has 0 saturated heterocycles. The first-order valence-corrected chi connectivity index (χ1v) is 6.37. The molecule has 0 aliphatic heterocycles. The average molecular weight is 226 g/mol. The number of carbonyl (C=O) groups excluding carboxylic acids is 1. The lowest BCUT2D eigenvalue weighted by molar-refractivity contribution is -0.123. The van der Waals surface area contributed by atoms with Crippen molar-refractivity contribution in [3.05, 3.63) is 0 Å². The summed E-state index contributed by atoms with van der Waals surface area (Å²) in [4.78, 5) is 11.8. The molecule has 1 saturated carbocycles. The minimum Gasteiger partial charge on any atom is -0.353 e. The van der Waals surface area contributed by atoms with E-state index in [1.165, 1.54) is 12.8 Å². The summed E-state index contributed by atoms with van der Waals surface area (Å²) in [6, 6.07) is 1.05. The highest BCUT2D eigenvalue weighted by Gasteiger charge is 2.23. The highest BCUT2D eigenvalue weighted by atomic mass is 16.1. The van der Waals surface area contributed by atoms with E-state index in [-0.39, 0.29) is 11.3 Å². The second-order valence-corrected chi connectivity index (χ2v) is 6.14. The molecule has 1 rings (SSSR count). The Balaban J connectivity index is 2.26. The average Bonchev–Trinajstić information content (AvgIpc) is 2.16. The van der Waals surface area contributed by atoms with E-state index in [1.54, 1.807) is 0 Å². The molecule has 0 radical (unpaired) electrons. The van der Waals surface area contributed by atoms with Crippen LogP contribution in [0.1, 0.15) is 52.9 Å². The predicted octanol–water partition coefficient (Wildman–Crippen LogP) is 2.07. The Bertz CT molecular complexity index is 225. The standard InChI is InChI=1S/C13H26N2O/c1-13(2,3)9-12(16)15-11-7-5-10(14-4)6-8-11/h10-11,14H,5-9H2,1-4H3,(H,15,16). The first-order chi connectivity index (χ1) is 7.40. The van der Waals surface area contributed by atoms with Crippen molar-refractivity contribution in [1.29, 1.82) is 0 Å². The zero-order chi connectivity index (χ0) is 12.2.